The van der Waals surface area contributed by atoms with Gasteiger partial charge < -0.3 is 19.5 Å². The van der Waals surface area contributed by atoms with Crippen LogP contribution in [0.5, 0.6) is 0 Å². The summed E-state index contributed by atoms with van der Waals surface area (Å²) in [6.07, 6.45) is 0.501. The van der Waals surface area contributed by atoms with Crippen molar-refractivity contribution >= 4 is 18.0 Å². The van der Waals surface area contributed by atoms with Gasteiger partial charge in [0.1, 0.15) is 6.61 Å². The van der Waals surface area contributed by atoms with Gasteiger partial charge in [-0.15, -0.1) is 5.10 Å². The number of amides is 1. The number of aromatic carboxylic acids is 1. The lowest BCUT2D eigenvalue weighted by Gasteiger charge is -2.31. The summed E-state index contributed by atoms with van der Waals surface area (Å²) in [5, 5.41) is 17.2. The molecule has 1 N–H and O–H groups in total. The number of hydrogen-bond acceptors (Lipinski definition) is 7. The molecule has 2 heterocycles. The molecule has 0 spiro atoms. The number of nitrogens with zero attached hydrogens (tertiary/aromatic N) is 4. The first-order valence-electron chi connectivity index (χ1n) is 11.4. The molecule has 1 aliphatic carbocycles. The van der Waals surface area contributed by atoms with E-state index in [1.54, 1.807) is 4.90 Å². The number of carbonyl (C=O) groups is 3. The maximum atomic E-state index is 12.8. The van der Waals surface area contributed by atoms with E-state index in [0.717, 1.165) is 18.2 Å². The van der Waals surface area contributed by atoms with Crippen molar-refractivity contribution in [2.24, 2.45) is 0 Å². The third-order valence-corrected chi connectivity index (χ3v) is 6.68. The number of esters is 1. The summed E-state index contributed by atoms with van der Waals surface area (Å²) in [5.74, 6) is -2.19. The van der Waals surface area contributed by atoms with E-state index >= 15 is 0 Å². The molecule has 5 rings (SSSR count). The van der Waals surface area contributed by atoms with E-state index in [1.165, 1.54) is 15.8 Å². The van der Waals surface area contributed by atoms with E-state index < -0.39 is 18.0 Å². The maximum absolute atomic E-state index is 12.8. The first-order valence-corrected chi connectivity index (χ1v) is 11.4. The molecule has 1 saturated heterocycles. The van der Waals surface area contributed by atoms with Crippen LogP contribution in [0.2, 0.25) is 0 Å². The summed E-state index contributed by atoms with van der Waals surface area (Å²) in [5.41, 5.74) is 3.98. The molecule has 10 nitrogen and oxygen atoms in total. The third-order valence-electron chi connectivity index (χ3n) is 6.68. The van der Waals surface area contributed by atoms with Gasteiger partial charge in [-0.3, -0.25) is 0 Å². The second-order valence-corrected chi connectivity index (χ2v) is 8.55. The van der Waals surface area contributed by atoms with E-state index in [0.29, 0.717) is 25.9 Å². The van der Waals surface area contributed by atoms with E-state index in [2.05, 4.69) is 39.3 Å². The average Bonchev–Trinajstić information content (AvgIpc) is 3.47. The van der Waals surface area contributed by atoms with Gasteiger partial charge in [0.05, 0.1) is 13.2 Å². The minimum atomic E-state index is -1.31. The number of rotatable bonds is 5. The van der Waals surface area contributed by atoms with E-state index in [1.807, 2.05) is 24.3 Å². The van der Waals surface area contributed by atoms with Gasteiger partial charge in [0, 0.05) is 19.0 Å². The highest BCUT2D eigenvalue weighted by Gasteiger charge is 2.33. The molecular formula is C25H24N4O6. The third kappa shape index (κ3) is 4.01. The largest absolute Gasteiger partial charge is 0.476 e. The first-order chi connectivity index (χ1) is 17.0. The molecule has 2 aliphatic rings. The van der Waals surface area contributed by atoms with Crippen LogP contribution in [0.4, 0.5) is 4.79 Å². The number of methoxy groups -OCH3 is 1. The van der Waals surface area contributed by atoms with Crippen LogP contribution in [0.25, 0.3) is 11.1 Å². The van der Waals surface area contributed by atoms with Crippen molar-refractivity contribution in [2.75, 3.05) is 26.8 Å². The molecule has 1 aliphatic heterocycles. The fourth-order valence-corrected chi connectivity index (χ4v) is 4.96. The van der Waals surface area contributed by atoms with Gasteiger partial charge in [-0.25, -0.2) is 19.1 Å². The van der Waals surface area contributed by atoms with Gasteiger partial charge in [-0.1, -0.05) is 53.7 Å². The summed E-state index contributed by atoms with van der Waals surface area (Å²) in [4.78, 5) is 38.0. The Bertz CT molecular complexity index is 1250. The fraction of sp³-hybridized carbons (Fsp3) is 0.320. The molecule has 2 aromatic carbocycles. The van der Waals surface area contributed by atoms with Gasteiger partial charge in [0.2, 0.25) is 5.69 Å². The smallest absolute Gasteiger partial charge is 0.409 e. The van der Waals surface area contributed by atoms with Crippen molar-refractivity contribution in [1.82, 2.24) is 19.9 Å². The van der Waals surface area contributed by atoms with Crippen LogP contribution in [-0.4, -0.2) is 69.8 Å². The summed E-state index contributed by atoms with van der Waals surface area (Å²) in [7, 11) is 1.15. The lowest BCUT2D eigenvalue weighted by atomic mass is 9.98. The summed E-state index contributed by atoms with van der Waals surface area (Å²) in [6, 6.07) is 16.0. The number of aromatic nitrogens is 3. The van der Waals surface area contributed by atoms with Gasteiger partial charge in [0.15, 0.2) is 5.69 Å². The van der Waals surface area contributed by atoms with Crippen molar-refractivity contribution in [3.05, 3.63) is 71.0 Å². The number of carboxylic acids is 1. The Morgan fingerprint density at radius 3 is 2.17 bits per heavy atom. The lowest BCUT2D eigenvalue weighted by Crippen LogP contribution is -2.40. The number of piperidine rings is 1. The molecular weight excluding hydrogens is 452 g/mol. The van der Waals surface area contributed by atoms with Crippen LogP contribution >= 0.6 is 0 Å². The number of benzene rings is 2. The standard InChI is InChI=1S/C25H24N4O6/c1-34-24(32)21-22(23(30)31)29(27-26-21)15-10-12-28(13-11-15)25(33)35-14-20-18-8-4-2-6-16(18)17-7-3-5-9-19(17)20/h2-9,15,20H,10-14H2,1H3,(H,30,31). The number of likely N-dealkylation sites (tertiary alicyclic amines) is 1. The maximum Gasteiger partial charge on any atom is 0.409 e. The number of hydrogen-bond donors (Lipinski definition) is 1. The predicted octanol–water partition coefficient (Wildman–Crippen LogP) is 3.35. The second kappa shape index (κ2) is 9.21. The number of carbonyl (C=O) groups excluding carboxylic acids is 2. The summed E-state index contributed by atoms with van der Waals surface area (Å²) >= 11 is 0. The van der Waals surface area contributed by atoms with E-state index in [4.69, 9.17) is 4.74 Å². The molecule has 180 valence electrons. The van der Waals surface area contributed by atoms with Gasteiger partial charge in [-0.2, -0.15) is 0 Å². The Morgan fingerprint density at radius 2 is 1.60 bits per heavy atom. The molecule has 35 heavy (non-hydrogen) atoms. The van der Waals surface area contributed by atoms with Crippen LogP contribution in [0, 0.1) is 0 Å². The first kappa shape index (κ1) is 22.6. The molecule has 0 atom stereocenters. The van der Waals surface area contributed by atoms with E-state index in [-0.39, 0.29) is 30.0 Å². The van der Waals surface area contributed by atoms with Crippen molar-refractivity contribution in [1.29, 1.82) is 0 Å². The van der Waals surface area contributed by atoms with Crippen LogP contribution in [-0.2, 0) is 9.47 Å². The fourth-order valence-electron chi connectivity index (χ4n) is 4.96. The zero-order valence-electron chi connectivity index (χ0n) is 19.1. The Kier molecular flexibility index (Phi) is 5.94. The minimum absolute atomic E-state index is 0.0195. The highest BCUT2D eigenvalue weighted by atomic mass is 16.6. The van der Waals surface area contributed by atoms with Crippen molar-refractivity contribution in [2.45, 2.75) is 24.8 Å². The lowest BCUT2D eigenvalue weighted by molar-refractivity contribution is 0.0572. The molecule has 0 saturated carbocycles. The van der Waals surface area contributed by atoms with Gasteiger partial charge in [-0.05, 0) is 35.1 Å². The molecule has 1 fully saturated rings. The number of fused-ring (bicyclic) bond motifs is 3. The van der Waals surface area contributed by atoms with Crippen LogP contribution in [0.3, 0.4) is 0 Å². The van der Waals surface area contributed by atoms with Crippen LogP contribution in [0.15, 0.2) is 48.5 Å². The second-order valence-electron chi connectivity index (χ2n) is 8.55. The highest BCUT2D eigenvalue weighted by Crippen LogP contribution is 2.44. The zero-order chi connectivity index (χ0) is 24.5. The topological polar surface area (TPSA) is 124 Å². The van der Waals surface area contributed by atoms with Gasteiger partial charge >= 0.3 is 18.0 Å². The minimum Gasteiger partial charge on any atom is -0.476 e. The predicted molar refractivity (Wildman–Crippen MR) is 123 cm³/mol. The molecule has 1 amide bonds. The Hall–Kier alpha value is -4.21. The zero-order valence-corrected chi connectivity index (χ0v) is 19.1. The molecule has 3 aromatic rings. The van der Waals surface area contributed by atoms with Crippen LogP contribution in [0.1, 0.15) is 56.9 Å². The number of carboxylic acid groups (broad SMARTS) is 1. The van der Waals surface area contributed by atoms with Crippen molar-refractivity contribution in [3.63, 3.8) is 0 Å². The summed E-state index contributed by atoms with van der Waals surface area (Å²) in [6.45, 7) is 0.975. The quantitative estimate of drug-likeness (QED) is 0.556. The molecule has 10 heteroatoms. The summed E-state index contributed by atoms with van der Waals surface area (Å²) < 4.78 is 11.6. The molecule has 1 aromatic heterocycles. The Labute approximate surface area is 201 Å². The van der Waals surface area contributed by atoms with Crippen molar-refractivity contribution < 1.29 is 29.0 Å². The Morgan fingerprint density at radius 1 is 1.00 bits per heavy atom. The Balaban J connectivity index is 1.23. The van der Waals surface area contributed by atoms with Crippen LogP contribution < -0.4 is 0 Å². The molecule has 0 radical (unpaired) electrons. The van der Waals surface area contributed by atoms with Gasteiger partial charge in [0.25, 0.3) is 0 Å². The average molecular weight is 476 g/mol. The SMILES string of the molecule is COC(=O)c1nnn(C2CCN(C(=O)OCC3c4ccccc4-c4ccccc43)CC2)c1C(=O)O. The normalized spacial score (nSPS) is 15.4. The molecule has 0 bridgehead atoms. The highest BCUT2D eigenvalue weighted by molar-refractivity contribution is 5.99. The monoisotopic (exact) mass is 476 g/mol. The van der Waals surface area contributed by atoms with E-state index in [9.17, 15) is 19.5 Å². The van der Waals surface area contributed by atoms with Crippen molar-refractivity contribution in [3.8, 4) is 11.1 Å². The molecule has 0 unspecified atom stereocenters. The number of ether oxygens (including phenoxy) is 2.